The second-order valence-electron chi connectivity index (χ2n) is 6.28. The summed E-state index contributed by atoms with van der Waals surface area (Å²) in [7, 11) is 0. The van der Waals surface area contributed by atoms with Gasteiger partial charge in [-0.1, -0.05) is 39.0 Å². The van der Waals surface area contributed by atoms with Crippen LogP contribution in [0, 0.1) is 17.3 Å². The lowest BCUT2D eigenvalue weighted by Crippen LogP contribution is -2.36. The number of thioether (sulfide) groups is 1. The number of hydrogen-bond acceptors (Lipinski definition) is 3. The van der Waals surface area contributed by atoms with Crippen LogP contribution >= 0.6 is 11.8 Å². The van der Waals surface area contributed by atoms with E-state index in [0.717, 1.165) is 24.9 Å². The molecule has 0 aromatic rings. The molecule has 1 aliphatic carbocycles. The minimum atomic E-state index is 0.470. The maximum atomic E-state index is 4.77. The molecule has 0 aromatic carbocycles. The first-order chi connectivity index (χ1) is 8.67. The molecule has 2 nitrogen and oxygen atoms in total. The first-order valence-corrected chi connectivity index (χ1v) is 8.57. The van der Waals surface area contributed by atoms with Crippen molar-refractivity contribution in [3.8, 4) is 0 Å². The van der Waals surface area contributed by atoms with E-state index in [0.29, 0.717) is 5.41 Å². The van der Waals surface area contributed by atoms with Gasteiger partial charge in [0, 0.05) is 18.8 Å². The summed E-state index contributed by atoms with van der Waals surface area (Å²) in [6, 6.07) is 0. The van der Waals surface area contributed by atoms with Gasteiger partial charge in [0.05, 0.1) is 0 Å². The Morgan fingerprint density at radius 3 is 2.61 bits per heavy atom. The zero-order valence-electron chi connectivity index (χ0n) is 12.2. The third-order valence-electron chi connectivity index (χ3n) is 4.92. The van der Waals surface area contributed by atoms with Gasteiger partial charge in [-0.3, -0.25) is 4.99 Å². The Morgan fingerprint density at radius 1 is 1.33 bits per heavy atom. The van der Waals surface area contributed by atoms with Gasteiger partial charge in [-0.15, -0.1) is 0 Å². The van der Waals surface area contributed by atoms with Crippen LogP contribution in [0.4, 0.5) is 0 Å². The van der Waals surface area contributed by atoms with Crippen LogP contribution in [-0.2, 0) is 0 Å². The Balaban J connectivity index is 1.76. The summed E-state index contributed by atoms with van der Waals surface area (Å²) in [6.07, 6.45) is 6.74. The molecule has 1 saturated carbocycles. The zero-order chi connectivity index (χ0) is 13.0. The molecule has 1 heterocycles. The summed E-state index contributed by atoms with van der Waals surface area (Å²) < 4.78 is 0. The second kappa shape index (κ2) is 6.31. The maximum Gasteiger partial charge on any atom is 0.156 e. The Kier molecular flexibility index (Phi) is 4.99. The highest BCUT2D eigenvalue weighted by molar-refractivity contribution is 8.13. The van der Waals surface area contributed by atoms with E-state index >= 15 is 0 Å². The molecule has 2 rings (SSSR count). The molecule has 0 bridgehead atoms. The quantitative estimate of drug-likeness (QED) is 0.835. The molecule has 0 radical (unpaired) electrons. The molecule has 18 heavy (non-hydrogen) atoms. The van der Waals surface area contributed by atoms with E-state index in [2.05, 4.69) is 26.1 Å². The van der Waals surface area contributed by atoms with Crippen molar-refractivity contribution in [2.75, 3.05) is 18.8 Å². The van der Waals surface area contributed by atoms with Crippen molar-refractivity contribution in [1.29, 1.82) is 0 Å². The highest BCUT2D eigenvalue weighted by atomic mass is 32.2. The van der Waals surface area contributed by atoms with Gasteiger partial charge in [0.1, 0.15) is 0 Å². The lowest BCUT2D eigenvalue weighted by atomic mass is 9.84. The van der Waals surface area contributed by atoms with Gasteiger partial charge >= 0.3 is 0 Å². The van der Waals surface area contributed by atoms with Gasteiger partial charge in [-0.25, -0.2) is 0 Å². The van der Waals surface area contributed by atoms with E-state index in [1.54, 1.807) is 0 Å². The van der Waals surface area contributed by atoms with Gasteiger partial charge in [0.2, 0.25) is 0 Å². The van der Waals surface area contributed by atoms with Crippen LogP contribution in [0.2, 0.25) is 0 Å². The van der Waals surface area contributed by atoms with Crippen LogP contribution < -0.4 is 5.32 Å². The molecule has 0 aromatic heterocycles. The highest BCUT2D eigenvalue weighted by Gasteiger charge is 2.30. The molecule has 0 saturated heterocycles. The van der Waals surface area contributed by atoms with E-state index in [-0.39, 0.29) is 0 Å². The molecule has 2 aliphatic rings. The molecule has 3 heteroatoms. The van der Waals surface area contributed by atoms with Crippen molar-refractivity contribution >= 4 is 16.9 Å². The number of aliphatic imine (C=N–C) groups is 1. The summed E-state index contributed by atoms with van der Waals surface area (Å²) >= 11 is 1.94. The van der Waals surface area contributed by atoms with E-state index in [9.17, 15) is 0 Å². The smallest absolute Gasteiger partial charge is 0.156 e. The highest BCUT2D eigenvalue weighted by Crippen LogP contribution is 2.35. The molecule has 1 fully saturated rings. The van der Waals surface area contributed by atoms with Crippen molar-refractivity contribution in [3.63, 3.8) is 0 Å². The molecule has 2 unspecified atom stereocenters. The maximum absolute atomic E-state index is 4.77. The predicted octanol–water partition coefficient (Wildman–Crippen LogP) is 3.92. The first-order valence-electron chi connectivity index (χ1n) is 7.58. The predicted molar refractivity (Wildman–Crippen MR) is 82.3 cm³/mol. The van der Waals surface area contributed by atoms with Crippen LogP contribution in [-0.4, -0.2) is 24.0 Å². The van der Waals surface area contributed by atoms with Gasteiger partial charge in [-0.05, 0) is 42.9 Å². The molecule has 1 N–H and O–H groups in total. The van der Waals surface area contributed by atoms with Crippen molar-refractivity contribution in [2.45, 2.75) is 52.9 Å². The number of nitrogens with zero attached hydrogens (tertiary/aromatic N) is 1. The van der Waals surface area contributed by atoms with Gasteiger partial charge in [-0.2, -0.15) is 0 Å². The number of rotatable bonds is 4. The average molecular weight is 268 g/mol. The minimum absolute atomic E-state index is 0.470. The SMILES string of the molecule is CCC1(CC)CN=C(NCC2CCC(C)C2)SC1. The first kappa shape index (κ1) is 14.2. The van der Waals surface area contributed by atoms with Crippen LogP contribution in [0.25, 0.3) is 0 Å². The lowest BCUT2D eigenvalue weighted by Gasteiger charge is -2.33. The average Bonchev–Trinajstić information content (AvgIpc) is 2.83. The van der Waals surface area contributed by atoms with Crippen molar-refractivity contribution in [2.24, 2.45) is 22.2 Å². The normalized spacial score (nSPS) is 31.2. The van der Waals surface area contributed by atoms with Crippen LogP contribution in [0.5, 0.6) is 0 Å². The van der Waals surface area contributed by atoms with E-state index < -0.39 is 0 Å². The summed E-state index contributed by atoms with van der Waals surface area (Å²) in [5.41, 5.74) is 0.470. The number of nitrogens with one attached hydrogen (secondary N) is 1. The summed E-state index contributed by atoms with van der Waals surface area (Å²) in [6.45, 7) is 9.15. The monoisotopic (exact) mass is 268 g/mol. The van der Waals surface area contributed by atoms with Crippen LogP contribution in [0.1, 0.15) is 52.9 Å². The van der Waals surface area contributed by atoms with Gasteiger partial charge < -0.3 is 5.32 Å². The summed E-state index contributed by atoms with van der Waals surface area (Å²) in [5.74, 6) is 3.06. The molecular weight excluding hydrogens is 240 g/mol. The van der Waals surface area contributed by atoms with E-state index in [1.165, 1.54) is 43.0 Å². The fourth-order valence-corrected chi connectivity index (χ4v) is 4.36. The summed E-state index contributed by atoms with van der Waals surface area (Å²) in [4.78, 5) is 4.77. The molecule has 0 spiro atoms. The van der Waals surface area contributed by atoms with Crippen LogP contribution in [0.3, 0.4) is 0 Å². The largest absolute Gasteiger partial charge is 0.365 e. The standard InChI is InChI=1S/C15H28N2S/c1-4-15(5-2)10-17-14(18-11-15)16-9-13-7-6-12(3)8-13/h12-13H,4-11H2,1-3H3,(H,16,17). The number of amidine groups is 1. The van der Waals surface area contributed by atoms with E-state index in [4.69, 9.17) is 4.99 Å². The molecule has 1 aliphatic heterocycles. The molecule has 0 amide bonds. The second-order valence-corrected chi connectivity index (χ2v) is 7.25. The lowest BCUT2D eigenvalue weighted by molar-refractivity contribution is 0.318. The zero-order valence-corrected chi connectivity index (χ0v) is 13.0. The minimum Gasteiger partial charge on any atom is -0.365 e. The summed E-state index contributed by atoms with van der Waals surface area (Å²) in [5, 5.41) is 4.78. The Bertz CT molecular complexity index is 297. The Labute approximate surface area is 116 Å². The fraction of sp³-hybridized carbons (Fsp3) is 0.933. The molecule has 104 valence electrons. The number of hydrogen-bond donors (Lipinski definition) is 1. The Hall–Kier alpha value is -0.180. The van der Waals surface area contributed by atoms with Crippen molar-refractivity contribution in [3.05, 3.63) is 0 Å². The van der Waals surface area contributed by atoms with Crippen molar-refractivity contribution < 1.29 is 0 Å². The molecular formula is C15H28N2S. The van der Waals surface area contributed by atoms with Crippen LogP contribution in [0.15, 0.2) is 4.99 Å². The molecule has 2 atom stereocenters. The third-order valence-corrected chi connectivity index (χ3v) is 6.22. The van der Waals surface area contributed by atoms with E-state index in [1.807, 2.05) is 11.8 Å². The van der Waals surface area contributed by atoms with Gasteiger partial charge in [0.15, 0.2) is 5.17 Å². The van der Waals surface area contributed by atoms with Crippen molar-refractivity contribution in [1.82, 2.24) is 5.32 Å². The topological polar surface area (TPSA) is 24.4 Å². The third kappa shape index (κ3) is 3.43. The fourth-order valence-electron chi connectivity index (χ4n) is 3.08. The Morgan fingerprint density at radius 2 is 2.11 bits per heavy atom. The van der Waals surface area contributed by atoms with Gasteiger partial charge in [0.25, 0.3) is 0 Å².